The summed E-state index contributed by atoms with van der Waals surface area (Å²) < 4.78 is 0. The Bertz CT molecular complexity index is 683. The molecule has 1 aromatic heterocycles. The topological polar surface area (TPSA) is 62.2 Å². The van der Waals surface area contributed by atoms with Gasteiger partial charge in [-0.05, 0) is 24.8 Å². The average molecular weight is 300 g/mol. The van der Waals surface area contributed by atoms with Crippen molar-refractivity contribution in [3.05, 3.63) is 46.5 Å². The van der Waals surface area contributed by atoms with E-state index < -0.39 is 11.9 Å². The molecule has 1 saturated carbocycles. The highest BCUT2D eigenvalue weighted by Crippen LogP contribution is 2.45. The minimum atomic E-state index is -0.751. The molecule has 3 atom stereocenters. The number of aliphatic carboxylic acids is 1. The number of anilines is 1. The van der Waals surface area contributed by atoms with E-state index in [1.807, 2.05) is 6.07 Å². The summed E-state index contributed by atoms with van der Waals surface area (Å²) >= 11 is 1.62. The number of nitrogens with zero attached hydrogens (tertiary/aromatic N) is 1. The van der Waals surface area contributed by atoms with Gasteiger partial charge in [0.25, 0.3) is 0 Å². The smallest absolute Gasteiger partial charge is 0.312 e. The second kappa shape index (κ2) is 4.84. The number of rotatable bonds is 4. The number of hydrogen-bond acceptors (Lipinski definition) is 4. The van der Waals surface area contributed by atoms with Gasteiger partial charge in [0.1, 0.15) is 5.92 Å². The molecule has 4 nitrogen and oxygen atoms in total. The second-order valence-electron chi connectivity index (χ2n) is 5.76. The minimum absolute atomic E-state index is 0.407. The van der Waals surface area contributed by atoms with Crippen molar-refractivity contribution in [3.8, 4) is 0 Å². The first kappa shape index (κ1) is 12.8. The number of carbonyl (C=O) groups is 1. The van der Waals surface area contributed by atoms with E-state index >= 15 is 0 Å². The predicted molar refractivity (Wildman–Crippen MR) is 82.0 cm³/mol. The van der Waals surface area contributed by atoms with E-state index in [0.29, 0.717) is 18.4 Å². The van der Waals surface area contributed by atoms with Crippen molar-refractivity contribution in [2.75, 3.05) is 5.32 Å². The standard InChI is InChI=1S/C16H16N2O2S/c19-15(20)10-6-7-13-14(10)18-16(21-13)17-12-8-11(12)9-4-2-1-3-5-9/h1-5,10-12H,6-8H2,(H,17,18)(H,19,20). The normalized spacial score (nSPS) is 26.4. The number of aromatic nitrogens is 1. The number of aryl methyl sites for hydroxylation is 1. The minimum Gasteiger partial charge on any atom is -0.481 e. The fraction of sp³-hybridized carbons (Fsp3) is 0.375. The van der Waals surface area contributed by atoms with Gasteiger partial charge in [-0.2, -0.15) is 0 Å². The van der Waals surface area contributed by atoms with Crippen LogP contribution in [-0.4, -0.2) is 22.1 Å². The summed E-state index contributed by atoms with van der Waals surface area (Å²) in [4.78, 5) is 16.9. The van der Waals surface area contributed by atoms with Gasteiger partial charge in [-0.15, -0.1) is 11.3 Å². The van der Waals surface area contributed by atoms with Gasteiger partial charge in [-0.25, -0.2) is 4.98 Å². The van der Waals surface area contributed by atoms with E-state index in [4.69, 9.17) is 0 Å². The lowest BCUT2D eigenvalue weighted by Gasteiger charge is -2.04. The zero-order valence-corrected chi connectivity index (χ0v) is 12.3. The van der Waals surface area contributed by atoms with Crippen LogP contribution in [-0.2, 0) is 11.2 Å². The van der Waals surface area contributed by atoms with Crippen LogP contribution >= 0.6 is 11.3 Å². The summed E-state index contributed by atoms with van der Waals surface area (Å²) in [7, 11) is 0. The Hall–Kier alpha value is -1.88. The zero-order valence-electron chi connectivity index (χ0n) is 11.5. The third kappa shape index (κ3) is 2.31. The monoisotopic (exact) mass is 300 g/mol. The van der Waals surface area contributed by atoms with Crippen LogP contribution < -0.4 is 5.32 Å². The molecule has 0 saturated heterocycles. The van der Waals surface area contributed by atoms with Crippen molar-refractivity contribution in [1.29, 1.82) is 0 Å². The van der Waals surface area contributed by atoms with Gasteiger partial charge >= 0.3 is 5.97 Å². The molecule has 108 valence electrons. The quantitative estimate of drug-likeness (QED) is 0.910. The highest BCUT2D eigenvalue weighted by atomic mass is 32.1. The summed E-state index contributed by atoms with van der Waals surface area (Å²) in [6.45, 7) is 0. The van der Waals surface area contributed by atoms with E-state index in [9.17, 15) is 9.90 Å². The fourth-order valence-corrected chi connectivity index (χ4v) is 4.21. The van der Waals surface area contributed by atoms with E-state index in [-0.39, 0.29) is 0 Å². The molecule has 1 heterocycles. The van der Waals surface area contributed by atoms with E-state index in [0.717, 1.165) is 28.5 Å². The maximum atomic E-state index is 11.2. The zero-order chi connectivity index (χ0) is 14.4. The third-order valence-electron chi connectivity index (χ3n) is 4.34. The number of nitrogens with one attached hydrogen (secondary N) is 1. The van der Waals surface area contributed by atoms with Gasteiger partial charge in [-0.1, -0.05) is 30.3 Å². The predicted octanol–water partition coefficient (Wildman–Crippen LogP) is 3.23. The number of carboxylic acid groups (broad SMARTS) is 1. The summed E-state index contributed by atoms with van der Waals surface area (Å²) in [6.07, 6.45) is 2.66. The van der Waals surface area contributed by atoms with Gasteiger partial charge < -0.3 is 10.4 Å². The van der Waals surface area contributed by atoms with Crippen LogP contribution in [0.4, 0.5) is 5.13 Å². The highest BCUT2D eigenvalue weighted by molar-refractivity contribution is 7.15. The molecule has 2 N–H and O–H groups in total. The van der Waals surface area contributed by atoms with Crippen LogP contribution in [0.1, 0.15) is 40.8 Å². The maximum absolute atomic E-state index is 11.2. The summed E-state index contributed by atoms with van der Waals surface area (Å²) in [5.74, 6) is -0.602. The molecular weight excluding hydrogens is 284 g/mol. The number of fused-ring (bicyclic) bond motifs is 1. The molecule has 1 aromatic carbocycles. The number of hydrogen-bond donors (Lipinski definition) is 2. The number of benzene rings is 1. The summed E-state index contributed by atoms with van der Waals surface area (Å²) in [5.41, 5.74) is 2.15. The SMILES string of the molecule is O=C(O)C1CCc2sc(NC3CC3c3ccccc3)nc21. The van der Waals surface area contributed by atoms with Crippen molar-refractivity contribution >= 4 is 22.4 Å². The Labute approximate surface area is 126 Å². The molecule has 21 heavy (non-hydrogen) atoms. The lowest BCUT2D eigenvalue weighted by Crippen LogP contribution is -2.09. The van der Waals surface area contributed by atoms with Crippen LogP contribution in [0.25, 0.3) is 0 Å². The van der Waals surface area contributed by atoms with E-state index in [1.165, 1.54) is 5.56 Å². The first-order chi connectivity index (χ1) is 10.2. The molecule has 2 aliphatic rings. The van der Waals surface area contributed by atoms with Gasteiger partial charge in [-0.3, -0.25) is 4.79 Å². The molecule has 2 aliphatic carbocycles. The molecule has 2 aromatic rings. The lowest BCUT2D eigenvalue weighted by atomic mass is 10.1. The maximum Gasteiger partial charge on any atom is 0.312 e. The van der Waals surface area contributed by atoms with Crippen molar-refractivity contribution in [3.63, 3.8) is 0 Å². The lowest BCUT2D eigenvalue weighted by molar-refractivity contribution is -0.138. The van der Waals surface area contributed by atoms with Gasteiger partial charge in [0.15, 0.2) is 5.13 Å². The van der Waals surface area contributed by atoms with E-state index in [1.54, 1.807) is 11.3 Å². The molecule has 0 radical (unpaired) electrons. The molecule has 0 aliphatic heterocycles. The largest absolute Gasteiger partial charge is 0.481 e. The van der Waals surface area contributed by atoms with Crippen LogP contribution in [0, 0.1) is 0 Å². The molecule has 0 spiro atoms. The molecule has 5 heteroatoms. The van der Waals surface area contributed by atoms with Crippen molar-refractivity contribution in [1.82, 2.24) is 4.98 Å². The van der Waals surface area contributed by atoms with Gasteiger partial charge in [0, 0.05) is 16.8 Å². The third-order valence-corrected chi connectivity index (χ3v) is 5.40. The van der Waals surface area contributed by atoms with Gasteiger partial charge in [0.05, 0.1) is 5.69 Å². The van der Waals surface area contributed by atoms with Crippen molar-refractivity contribution in [2.45, 2.75) is 37.1 Å². The number of carboxylic acids is 1. The molecule has 3 unspecified atom stereocenters. The van der Waals surface area contributed by atoms with Crippen LogP contribution in [0.3, 0.4) is 0 Å². The average Bonchev–Trinajstić information content (AvgIpc) is 2.94. The Balaban J connectivity index is 1.46. The van der Waals surface area contributed by atoms with Crippen LogP contribution in [0.5, 0.6) is 0 Å². The fourth-order valence-electron chi connectivity index (χ4n) is 3.11. The highest BCUT2D eigenvalue weighted by Gasteiger charge is 2.39. The Morgan fingerprint density at radius 1 is 1.33 bits per heavy atom. The number of thiazole rings is 1. The molecule has 0 amide bonds. The summed E-state index contributed by atoms with van der Waals surface area (Å²) in [5, 5.41) is 13.5. The van der Waals surface area contributed by atoms with Crippen molar-refractivity contribution < 1.29 is 9.90 Å². The first-order valence-electron chi connectivity index (χ1n) is 7.26. The van der Waals surface area contributed by atoms with Crippen LogP contribution in [0.2, 0.25) is 0 Å². The molecule has 1 fully saturated rings. The molecule has 0 bridgehead atoms. The van der Waals surface area contributed by atoms with Crippen LogP contribution in [0.15, 0.2) is 30.3 Å². The summed E-state index contributed by atoms with van der Waals surface area (Å²) in [6, 6.07) is 10.9. The Morgan fingerprint density at radius 3 is 2.90 bits per heavy atom. The molecule has 4 rings (SSSR count). The Morgan fingerprint density at radius 2 is 2.14 bits per heavy atom. The van der Waals surface area contributed by atoms with E-state index in [2.05, 4.69) is 34.6 Å². The van der Waals surface area contributed by atoms with Crippen molar-refractivity contribution in [2.24, 2.45) is 0 Å². The first-order valence-corrected chi connectivity index (χ1v) is 8.08. The second-order valence-corrected chi connectivity index (χ2v) is 6.84. The Kier molecular flexibility index (Phi) is 2.96. The molecular formula is C16H16N2O2S. The van der Waals surface area contributed by atoms with Gasteiger partial charge in [0.2, 0.25) is 0 Å².